The van der Waals surface area contributed by atoms with Gasteiger partial charge in [-0.3, -0.25) is 4.79 Å². The highest BCUT2D eigenvalue weighted by molar-refractivity contribution is 5.66. The van der Waals surface area contributed by atoms with E-state index in [4.69, 9.17) is 14.2 Å². The standard InChI is InChI=1S/C28H40O4/c1-18(2)9-8-10-19(3)11-25-12-20(4)15-28(31-25)16-24(17-30-23(7)29)26-13-21(5)22(6)14-27(26)32-28/h9,11,14-16,21,25-27H,8,10,12-13,17H2,1-7H3/b19-11+/t21-,25-,26-,27-,28+/m1/s1. The van der Waals surface area contributed by atoms with Crippen molar-refractivity contribution in [2.75, 3.05) is 6.61 Å². The molecule has 0 bridgehead atoms. The van der Waals surface area contributed by atoms with E-state index >= 15 is 0 Å². The van der Waals surface area contributed by atoms with Crippen LogP contribution in [-0.4, -0.2) is 30.6 Å². The molecule has 4 heteroatoms. The number of rotatable bonds is 6. The molecular formula is C28H40O4. The third kappa shape index (κ3) is 6.32. The Morgan fingerprint density at radius 1 is 1.19 bits per heavy atom. The molecule has 32 heavy (non-hydrogen) atoms. The molecule has 0 unspecified atom stereocenters. The molecule has 2 heterocycles. The maximum absolute atomic E-state index is 11.5. The van der Waals surface area contributed by atoms with E-state index in [1.165, 1.54) is 29.2 Å². The van der Waals surface area contributed by atoms with Crippen molar-refractivity contribution in [2.24, 2.45) is 11.8 Å². The van der Waals surface area contributed by atoms with Crippen LogP contribution in [0.1, 0.15) is 74.1 Å². The van der Waals surface area contributed by atoms with Crippen LogP contribution >= 0.6 is 0 Å². The Hall–Kier alpha value is -1.91. The quantitative estimate of drug-likeness (QED) is 0.345. The Balaban J connectivity index is 1.87. The van der Waals surface area contributed by atoms with Gasteiger partial charge in [0.15, 0.2) is 0 Å². The van der Waals surface area contributed by atoms with Crippen LogP contribution in [0, 0.1) is 11.8 Å². The van der Waals surface area contributed by atoms with Crippen molar-refractivity contribution in [1.82, 2.24) is 0 Å². The molecule has 0 saturated carbocycles. The van der Waals surface area contributed by atoms with Gasteiger partial charge in [0, 0.05) is 12.8 Å². The van der Waals surface area contributed by atoms with Gasteiger partial charge in [0.25, 0.3) is 0 Å². The highest BCUT2D eigenvalue weighted by Crippen LogP contribution is 2.44. The van der Waals surface area contributed by atoms with E-state index in [2.05, 4.69) is 71.9 Å². The number of allylic oxidation sites excluding steroid dienone is 4. The van der Waals surface area contributed by atoms with E-state index in [-0.39, 0.29) is 24.1 Å². The first kappa shape index (κ1) is 24.7. The minimum absolute atomic E-state index is 0.0398. The summed E-state index contributed by atoms with van der Waals surface area (Å²) in [6.45, 7) is 14.8. The Labute approximate surface area is 194 Å². The first-order valence-corrected chi connectivity index (χ1v) is 11.9. The minimum atomic E-state index is -0.919. The first-order valence-electron chi connectivity index (χ1n) is 11.9. The summed E-state index contributed by atoms with van der Waals surface area (Å²) in [5, 5.41) is 0. The fourth-order valence-corrected chi connectivity index (χ4v) is 4.92. The van der Waals surface area contributed by atoms with Gasteiger partial charge >= 0.3 is 5.97 Å². The fourth-order valence-electron chi connectivity index (χ4n) is 4.92. The third-order valence-corrected chi connectivity index (χ3v) is 6.70. The second-order valence-corrected chi connectivity index (χ2v) is 10.1. The van der Waals surface area contributed by atoms with Gasteiger partial charge in [-0.15, -0.1) is 0 Å². The molecule has 3 aliphatic rings. The van der Waals surface area contributed by atoms with E-state index in [0.29, 0.717) is 12.5 Å². The van der Waals surface area contributed by atoms with Gasteiger partial charge in [0.05, 0.1) is 12.2 Å². The van der Waals surface area contributed by atoms with Crippen LogP contribution in [-0.2, 0) is 19.0 Å². The van der Waals surface area contributed by atoms with Crippen molar-refractivity contribution in [1.29, 1.82) is 0 Å². The van der Waals surface area contributed by atoms with Gasteiger partial charge in [-0.05, 0) is 83.9 Å². The molecule has 1 aliphatic carbocycles. The number of ether oxygens (including phenoxy) is 3. The van der Waals surface area contributed by atoms with Crippen molar-refractivity contribution >= 4 is 5.97 Å². The van der Waals surface area contributed by atoms with E-state index in [0.717, 1.165) is 31.3 Å². The van der Waals surface area contributed by atoms with Gasteiger partial charge in [0.1, 0.15) is 6.61 Å². The lowest BCUT2D eigenvalue weighted by Crippen LogP contribution is -2.49. The molecule has 3 rings (SSSR count). The highest BCUT2D eigenvalue weighted by atomic mass is 16.7. The molecule has 2 aliphatic heterocycles. The average Bonchev–Trinajstić information content (AvgIpc) is 2.66. The lowest BCUT2D eigenvalue weighted by atomic mass is 9.75. The number of esters is 1. The highest BCUT2D eigenvalue weighted by Gasteiger charge is 2.45. The molecule has 0 N–H and O–H groups in total. The van der Waals surface area contributed by atoms with Gasteiger partial charge in [-0.25, -0.2) is 0 Å². The maximum atomic E-state index is 11.5. The molecule has 0 saturated heterocycles. The zero-order valence-electron chi connectivity index (χ0n) is 20.9. The lowest BCUT2D eigenvalue weighted by Gasteiger charge is -2.46. The smallest absolute Gasteiger partial charge is 0.302 e. The second kappa shape index (κ2) is 10.4. The van der Waals surface area contributed by atoms with Gasteiger partial charge < -0.3 is 14.2 Å². The molecular weight excluding hydrogens is 400 g/mol. The van der Waals surface area contributed by atoms with Crippen LogP contribution in [0.4, 0.5) is 0 Å². The van der Waals surface area contributed by atoms with E-state index < -0.39 is 5.79 Å². The predicted octanol–water partition coefficient (Wildman–Crippen LogP) is 6.60. The predicted molar refractivity (Wildman–Crippen MR) is 129 cm³/mol. The molecule has 0 aromatic heterocycles. The third-order valence-electron chi connectivity index (χ3n) is 6.70. The monoisotopic (exact) mass is 440 g/mol. The summed E-state index contributed by atoms with van der Waals surface area (Å²) in [5.41, 5.74) is 6.38. The van der Waals surface area contributed by atoms with Crippen molar-refractivity contribution < 1.29 is 19.0 Å². The Morgan fingerprint density at radius 3 is 2.62 bits per heavy atom. The summed E-state index contributed by atoms with van der Waals surface area (Å²) < 4.78 is 18.7. The fraction of sp³-hybridized carbons (Fsp3) is 0.607. The number of carbonyl (C=O) groups excluding carboxylic acids is 1. The minimum Gasteiger partial charge on any atom is -0.461 e. The Morgan fingerprint density at radius 2 is 1.94 bits per heavy atom. The van der Waals surface area contributed by atoms with Crippen molar-refractivity contribution in [3.05, 3.63) is 58.2 Å². The zero-order valence-corrected chi connectivity index (χ0v) is 20.9. The van der Waals surface area contributed by atoms with E-state index in [9.17, 15) is 4.79 Å². The topological polar surface area (TPSA) is 44.8 Å². The Bertz CT molecular complexity index is 868. The summed E-state index contributed by atoms with van der Waals surface area (Å²) in [6.07, 6.45) is 14.7. The summed E-state index contributed by atoms with van der Waals surface area (Å²) >= 11 is 0. The second-order valence-electron chi connectivity index (χ2n) is 10.1. The molecule has 0 fully saturated rings. The van der Waals surface area contributed by atoms with Crippen LogP contribution < -0.4 is 0 Å². The van der Waals surface area contributed by atoms with E-state index in [1.54, 1.807) is 0 Å². The Kier molecular flexibility index (Phi) is 8.00. The van der Waals surface area contributed by atoms with Crippen LogP contribution in [0.15, 0.2) is 58.2 Å². The molecule has 0 radical (unpaired) electrons. The van der Waals surface area contributed by atoms with Gasteiger partial charge in [0.2, 0.25) is 5.79 Å². The molecule has 4 nitrogen and oxygen atoms in total. The number of hydrogen-bond acceptors (Lipinski definition) is 4. The first-order chi connectivity index (χ1) is 15.1. The molecule has 0 aromatic rings. The van der Waals surface area contributed by atoms with Crippen molar-refractivity contribution in [2.45, 2.75) is 92.1 Å². The van der Waals surface area contributed by atoms with Gasteiger partial charge in [-0.2, -0.15) is 0 Å². The molecule has 1 spiro atoms. The zero-order chi connectivity index (χ0) is 23.5. The lowest BCUT2D eigenvalue weighted by molar-refractivity contribution is -0.226. The normalized spacial score (nSPS) is 32.5. The number of fused-ring (bicyclic) bond motifs is 1. The summed E-state index contributed by atoms with van der Waals surface area (Å²) in [6, 6.07) is 0. The SMILES string of the molecule is CC(=O)OCC1=C[C@]2(C=C(C)C[C@@H](/C=C(\C)CCC=C(C)C)O2)O[C@@H]2C=C(C)[C@H](C)C[C@H]12. The molecule has 0 amide bonds. The summed E-state index contributed by atoms with van der Waals surface area (Å²) in [7, 11) is 0. The molecule has 5 atom stereocenters. The van der Waals surface area contributed by atoms with Crippen LogP contribution in [0.5, 0.6) is 0 Å². The van der Waals surface area contributed by atoms with E-state index in [1.807, 2.05) is 0 Å². The van der Waals surface area contributed by atoms with Crippen LogP contribution in [0.25, 0.3) is 0 Å². The summed E-state index contributed by atoms with van der Waals surface area (Å²) in [4.78, 5) is 11.5. The molecule has 0 aromatic carbocycles. The average molecular weight is 441 g/mol. The summed E-state index contributed by atoms with van der Waals surface area (Å²) in [5.74, 6) is -0.490. The van der Waals surface area contributed by atoms with Crippen LogP contribution in [0.2, 0.25) is 0 Å². The maximum Gasteiger partial charge on any atom is 0.302 e. The molecule has 176 valence electrons. The van der Waals surface area contributed by atoms with Crippen LogP contribution in [0.3, 0.4) is 0 Å². The largest absolute Gasteiger partial charge is 0.461 e. The van der Waals surface area contributed by atoms with Gasteiger partial charge in [-0.1, -0.05) is 47.4 Å². The van der Waals surface area contributed by atoms with Crippen molar-refractivity contribution in [3.63, 3.8) is 0 Å². The number of hydrogen-bond donors (Lipinski definition) is 0. The van der Waals surface area contributed by atoms with Crippen molar-refractivity contribution in [3.8, 4) is 0 Å². The number of carbonyl (C=O) groups is 1.